The van der Waals surface area contributed by atoms with Gasteiger partial charge in [0, 0.05) is 83.0 Å². The number of ether oxygens (including phenoxy) is 3. The number of aromatic carboxylic acids is 1. The fraction of sp³-hybridized carbons (Fsp3) is 0.123. The summed E-state index contributed by atoms with van der Waals surface area (Å²) in [7, 11) is 3.10. The standard InChI is InChI=1S/C15H14N2O5.C13H8N2O4.C13H10N2O3.C12H12N2O2.C11H10N2O2.C9H9BrO2.C8H7BrO2/c1-2-22-15(21)14(20)9-13(19)11-8-10(4-5-12(11)18)17-7-3-6-16-17;16-10-7-12(13(17)18)19-11-3-2-8(6-9(10)11)15-5-1-4-14-15;16-8-10-7-12(17)11-6-9(2-3-13(11)18-10)15-5-1-4-14-15;1-9(15)11-8-10(4-5-12(11)16-2)14-7-3-6-13-14;1-8(14)10-7-9(3-4-11(10)15)13-6-2-5-12-13;1-6(11)8-5-7(10)3-4-9(8)12-2;1-5(10)7-4-6(9)2-3-8(7)11/h3-8,18H,2,9H2,1H3;1-7H,(H,17,18);1-7,16H,8H2;3-8H,1-2H3;2-7,15H,1H3;3-5H,1-2H3;2-4,11H,1H3. The van der Waals surface area contributed by atoms with Crippen LogP contribution >= 0.6 is 31.9 Å². The van der Waals surface area contributed by atoms with Gasteiger partial charge in [-0.05, 0) is 192 Å². The molecule has 7 aromatic carbocycles. The van der Waals surface area contributed by atoms with Gasteiger partial charge in [0.25, 0.3) is 0 Å². The number of carboxylic acid groups (broad SMARTS) is 1. The van der Waals surface area contributed by atoms with Crippen molar-refractivity contribution in [3.05, 3.63) is 301 Å². The Morgan fingerprint density at radius 2 is 0.779 bits per heavy atom. The number of phenols is 3. The lowest BCUT2D eigenvalue weighted by Gasteiger charge is -2.08. The van der Waals surface area contributed by atoms with Gasteiger partial charge in [0.15, 0.2) is 39.8 Å². The molecule has 0 spiro atoms. The van der Waals surface area contributed by atoms with Gasteiger partial charge in [-0.2, -0.15) is 25.5 Å². The Hall–Kier alpha value is -14.1. The molecule has 30 nitrogen and oxygen atoms in total. The number of methoxy groups -OCH3 is 2. The number of hydrogen-bond donors (Lipinski definition) is 5. The molecule has 7 heterocycles. The largest absolute Gasteiger partial charge is 0.507 e. The van der Waals surface area contributed by atoms with E-state index in [0.717, 1.165) is 32.1 Å². The van der Waals surface area contributed by atoms with Crippen LogP contribution in [-0.2, 0) is 20.9 Å². The lowest BCUT2D eigenvalue weighted by atomic mass is 10.0. The van der Waals surface area contributed by atoms with Crippen LogP contribution in [0.25, 0.3) is 50.4 Å². The summed E-state index contributed by atoms with van der Waals surface area (Å²) in [5.74, 6) is -3.40. The van der Waals surface area contributed by atoms with Crippen LogP contribution in [0.1, 0.15) is 109 Å². The van der Waals surface area contributed by atoms with Crippen molar-refractivity contribution in [1.29, 1.82) is 0 Å². The molecule has 0 unspecified atom stereocenters. The summed E-state index contributed by atoms with van der Waals surface area (Å²) in [6, 6.07) is 45.9. The third-order valence-electron chi connectivity index (χ3n) is 15.6. The maximum atomic E-state index is 12.1. The van der Waals surface area contributed by atoms with Gasteiger partial charge < -0.3 is 48.6 Å². The number of carbonyl (C=O) groups is 8. The van der Waals surface area contributed by atoms with Crippen molar-refractivity contribution in [2.45, 2.75) is 47.6 Å². The summed E-state index contributed by atoms with van der Waals surface area (Å²) in [6.07, 6.45) is 16.4. The van der Waals surface area contributed by atoms with E-state index in [1.54, 1.807) is 205 Å². The number of esters is 1. The quantitative estimate of drug-likeness (QED) is 0.0230. The smallest absolute Gasteiger partial charge is 0.375 e. The van der Waals surface area contributed by atoms with Gasteiger partial charge in [0.05, 0.1) is 94.3 Å². The van der Waals surface area contributed by atoms with E-state index >= 15 is 0 Å². The molecule has 0 bridgehead atoms. The van der Waals surface area contributed by atoms with Crippen LogP contribution in [0.2, 0.25) is 0 Å². The molecular formula is C81H70Br2N10O20. The predicted octanol–water partition coefficient (Wildman–Crippen LogP) is 13.3. The van der Waals surface area contributed by atoms with Gasteiger partial charge in [-0.1, -0.05) is 31.9 Å². The van der Waals surface area contributed by atoms with Crippen LogP contribution < -0.4 is 20.3 Å². The molecule has 0 atom stereocenters. The monoisotopic (exact) mass is 1660 g/mol. The first-order valence-corrected chi connectivity index (χ1v) is 35.1. The molecule has 5 N–H and O–H groups in total. The van der Waals surface area contributed by atoms with Gasteiger partial charge in [-0.3, -0.25) is 38.4 Å². The first-order chi connectivity index (χ1) is 54.1. The average Bonchev–Trinajstić information content (AvgIpc) is 1.66. The van der Waals surface area contributed by atoms with E-state index in [9.17, 15) is 58.2 Å². The molecule has 0 saturated heterocycles. The van der Waals surface area contributed by atoms with Crippen molar-refractivity contribution in [2.24, 2.45) is 0 Å². The topological polar surface area (TPSA) is 415 Å². The number of benzene rings is 7. The normalized spacial score (nSPS) is 10.3. The summed E-state index contributed by atoms with van der Waals surface area (Å²) >= 11 is 6.49. The summed E-state index contributed by atoms with van der Waals surface area (Å²) in [4.78, 5) is 114. The molecule has 0 saturated carbocycles. The zero-order valence-electron chi connectivity index (χ0n) is 61.1. The van der Waals surface area contributed by atoms with E-state index in [2.05, 4.69) is 62.1 Å². The SMILES string of the molecule is CC(=O)c1cc(-n2cccn2)ccc1O.CC(=O)c1cc(Br)ccc1O.CCOC(=O)C(=O)CC(=O)c1cc(-n2cccn2)ccc1O.COc1ccc(-n2cccn2)cc1C(C)=O.COc1ccc(Br)cc1C(C)=O.O=C(O)c1cc(=O)c2cc(-n3cccn3)ccc2o1.O=c1cc(CO)oc2ccc(-n3cccn3)cc12. The summed E-state index contributed by atoms with van der Waals surface area (Å²) < 4.78 is 35.0. The van der Waals surface area contributed by atoms with Crippen LogP contribution in [0.3, 0.4) is 0 Å². The van der Waals surface area contributed by atoms with E-state index in [0.29, 0.717) is 61.5 Å². The van der Waals surface area contributed by atoms with Crippen LogP contribution in [0.4, 0.5) is 0 Å². The van der Waals surface area contributed by atoms with Gasteiger partial charge in [-0.15, -0.1) is 0 Å². The number of carboxylic acids is 1. The first kappa shape index (κ1) is 84.5. The molecule has 0 amide bonds. The van der Waals surface area contributed by atoms with Crippen molar-refractivity contribution in [3.8, 4) is 57.2 Å². The molecular weight excluding hydrogens is 1590 g/mol. The van der Waals surface area contributed by atoms with Gasteiger partial charge in [-0.25, -0.2) is 33.0 Å². The van der Waals surface area contributed by atoms with Crippen molar-refractivity contribution < 1.29 is 86.9 Å². The zero-order chi connectivity index (χ0) is 82.0. The Morgan fingerprint density at radius 3 is 1.18 bits per heavy atom. The van der Waals surface area contributed by atoms with Gasteiger partial charge in [0.1, 0.15) is 52.3 Å². The van der Waals surface area contributed by atoms with Crippen LogP contribution in [0.15, 0.2) is 259 Å². The lowest BCUT2D eigenvalue weighted by molar-refractivity contribution is -0.153. The highest BCUT2D eigenvalue weighted by Gasteiger charge is 2.23. The highest BCUT2D eigenvalue weighted by Crippen LogP contribution is 2.28. The number of aliphatic hydroxyl groups excluding tert-OH is 1. The second kappa shape index (κ2) is 40.4. The van der Waals surface area contributed by atoms with Crippen LogP contribution in [0.5, 0.6) is 28.7 Å². The molecule has 14 rings (SSSR count). The van der Waals surface area contributed by atoms with Crippen LogP contribution in [-0.4, -0.2) is 142 Å². The van der Waals surface area contributed by atoms with Crippen molar-refractivity contribution >= 4 is 100 Å². The Balaban J connectivity index is 0.000000167. The average molecular weight is 1660 g/mol. The highest BCUT2D eigenvalue weighted by molar-refractivity contribution is 9.10. The lowest BCUT2D eigenvalue weighted by Crippen LogP contribution is -2.20. The number of ketones is 6. The summed E-state index contributed by atoms with van der Waals surface area (Å²) in [6.45, 7) is 7.20. The van der Waals surface area contributed by atoms with Crippen molar-refractivity contribution in [3.63, 3.8) is 0 Å². The van der Waals surface area contributed by atoms with E-state index in [-0.39, 0.29) is 81.7 Å². The van der Waals surface area contributed by atoms with E-state index < -0.39 is 35.4 Å². The number of carbonyl (C=O) groups excluding carboxylic acids is 7. The molecule has 113 heavy (non-hydrogen) atoms. The number of Topliss-reactive ketones (excluding diaryl/α,β-unsaturated/α-hetero) is 6. The number of nitrogens with zero attached hydrogens (tertiary/aromatic N) is 10. The van der Waals surface area contributed by atoms with Crippen molar-refractivity contribution in [1.82, 2.24) is 48.9 Å². The number of phenolic OH excluding ortho intramolecular Hbond substituents is 3. The number of hydrogen-bond acceptors (Lipinski definition) is 24. The van der Waals surface area contributed by atoms with E-state index in [1.807, 2.05) is 30.5 Å². The molecule has 7 aromatic heterocycles. The maximum absolute atomic E-state index is 12.1. The molecule has 0 radical (unpaired) electrons. The van der Waals surface area contributed by atoms with Gasteiger partial charge >= 0.3 is 11.9 Å². The van der Waals surface area contributed by atoms with Crippen molar-refractivity contribution in [2.75, 3.05) is 20.8 Å². The molecule has 0 fully saturated rings. The Morgan fingerprint density at radius 1 is 0.434 bits per heavy atom. The molecule has 0 aliphatic carbocycles. The summed E-state index contributed by atoms with van der Waals surface area (Å²) in [5.41, 5.74) is 5.54. The number of aromatic nitrogens is 10. The number of aliphatic hydroxyl groups is 1. The molecule has 0 aliphatic heterocycles. The minimum atomic E-state index is -1.27. The third-order valence-corrected chi connectivity index (χ3v) is 16.6. The zero-order valence-corrected chi connectivity index (χ0v) is 64.3. The number of rotatable bonds is 18. The number of aromatic hydroxyl groups is 3. The van der Waals surface area contributed by atoms with Crippen LogP contribution in [0, 0.1) is 0 Å². The predicted molar refractivity (Wildman–Crippen MR) is 420 cm³/mol. The first-order valence-electron chi connectivity index (χ1n) is 33.5. The van der Waals surface area contributed by atoms with Gasteiger partial charge in [0.2, 0.25) is 11.5 Å². The second-order valence-electron chi connectivity index (χ2n) is 23.4. The molecule has 578 valence electrons. The number of fused-ring (bicyclic) bond motifs is 2. The van der Waals surface area contributed by atoms with E-state index in [1.165, 1.54) is 62.7 Å². The van der Waals surface area contributed by atoms with E-state index in [4.69, 9.17) is 33.6 Å². The number of halogens is 2. The highest BCUT2D eigenvalue weighted by atomic mass is 79.9. The summed E-state index contributed by atoms with van der Waals surface area (Å²) in [5, 5.41) is 67.3. The Kier molecular flexibility index (Phi) is 30.2. The minimum Gasteiger partial charge on any atom is -0.507 e. The Bertz CT molecular complexity index is 5820. The minimum absolute atomic E-state index is 0.00148. The molecule has 14 aromatic rings. The maximum Gasteiger partial charge on any atom is 0.375 e. The molecule has 32 heteroatoms. The fourth-order valence-corrected chi connectivity index (χ4v) is 10.9. The third kappa shape index (κ3) is 23.2. The Labute approximate surface area is 658 Å². The molecule has 0 aliphatic rings. The second-order valence-corrected chi connectivity index (χ2v) is 25.2. The fourth-order valence-electron chi connectivity index (χ4n) is 10.1.